The van der Waals surface area contributed by atoms with Gasteiger partial charge in [0.15, 0.2) is 0 Å². The van der Waals surface area contributed by atoms with Gasteiger partial charge in [0.2, 0.25) is 10.0 Å². The maximum absolute atomic E-state index is 11.2. The summed E-state index contributed by atoms with van der Waals surface area (Å²) in [7, 11) is -1.70. The number of sulfonamides is 1. The molecule has 0 amide bonds. The fourth-order valence-corrected chi connectivity index (χ4v) is 2.49. The van der Waals surface area contributed by atoms with E-state index in [0.717, 1.165) is 10.7 Å². The van der Waals surface area contributed by atoms with Gasteiger partial charge in [-0.2, -0.15) is 0 Å². The van der Waals surface area contributed by atoms with Crippen molar-refractivity contribution in [3.8, 4) is 0 Å². The molecule has 1 heterocycles. The van der Waals surface area contributed by atoms with Gasteiger partial charge < -0.3 is 5.32 Å². The van der Waals surface area contributed by atoms with Crippen molar-refractivity contribution < 1.29 is 8.42 Å². The van der Waals surface area contributed by atoms with E-state index in [9.17, 15) is 8.42 Å². The molecule has 0 aliphatic heterocycles. The van der Waals surface area contributed by atoms with Crippen LogP contribution >= 0.6 is 11.3 Å². The average molecular weight is 263 g/mol. The Morgan fingerprint density at radius 1 is 1.56 bits per heavy atom. The van der Waals surface area contributed by atoms with Crippen LogP contribution in [-0.2, 0) is 10.0 Å². The molecule has 0 radical (unpaired) electrons. The Morgan fingerprint density at radius 2 is 2.25 bits per heavy atom. The van der Waals surface area contributed by atoms with Gasteiger partial charge in [-0.3, -0.25) is 0 Å². The van der Waals surface area contributed by atoms with Crippen LogP contribution in [0.5, 0.6) is 0 Å². The fourth-order valence-electron chi connectivity index (χ4n) is 1.20. The van der Waals surface area contributed by atoms with Gasteiger partial charge >= 0.3 is 0 Å². The number of hydrogen-bond donors (Lipinski definition) is 2. The minimum absolute atomic E-state index is 0.0803. The highest BCUT2D eigenvalue weighted by atomic mass is 32.2. The standard InChI is InChI=1S/C9H17N3O2S2/c1-7(9-6-15-8(2)12-9)11-4-5-16(13,14)10-3/h6-7,10-11H,4-5H2,1-3H3. The van der Waals surface area contributed by atoms with Crippen molar-refractivity contribution in [2.24, 2.45) is 0 Å². The number of aryl methyl sites for hydroxylation is 1. The van der Waals surface area contributed by atoms with Crippen LogP contribution in [0.2, 0.25) is 0 Å². The highest BCUT2D eigenvalue weighted by molar-refractivity contribution is 7.89. The molecule has 1 rings (SSSR count). The predicted molar refractivity (Wildman–Crippen MR) is 66.1 cm³/mol. The van der Waals surface area contributed by atoms with Crippen molar-refractivity contribution >= 4 is 21.4 Å². The van der Waals surface area contributed by atoms with E-state index >= 15 is 0 Å². The molecule has 2 N–H and O–H groups in total. The summed E-state index contributed by atoms with van der Waals surface area (Å²) in [5.74, 6) is 0.0803. The normalized spacial score (nSPS) is 13.9. The molecule has 0 spiro atoms. The first-order valence-corrected chi connectivity index (χ1v) is 7.54. The Morgan fingerprint density at radius 3 is 2.75 bits per heavy atom. The number of nitrogens with one attached hydrogen (secondary N) is 2. The maximum atomic E-state index is 11.2. The third-order valence-electron chi connectivity index (χ3n) is 2.21. The third-order valence-corrected chi connectivity index (χ3v) is 4.37. The molecule has 7 heteroatoms. The summed E-state index contributed by atoms with van der Waals surface area (Å²) in [6, 6.07) is 0.0806. The number of nitrogens with zero attached hydrogens (tertiary/aromatic N) is 1. The molecule has 1 aromatic rings. The molecule has 0 aromatic carbocycles. The first-order valence-electron chi connectivity index (χ1n) is 5.01. The molecule has 1 aromatic heterocycles. The van der Waals surface area contributed by atoms with Crippen LogP contribution in [0, 0.1) is 6.92 Å². The number of aromatic nitrogens is 1. The zero-order valence-corrected chi connectivity index (χ0v) is 11.3. The summed E-state index contributed by atoms with van der Waals surface area (Å²) < 4.78 is 24.6. The third kappa shape index (κ3) is 4.17. The Kier molecular flexibility index (Phi) is 4.85. The second kappa shape index (κ2) is 5.72. The predicted octanol–water partition coefficient (Wildman–Crippen LogP) is 0.651. The van der Waals surface area contributed by atoms with E-state index in [2.05, 4.69) is 15.0 Å². The largest absolute Gasteiger partial charge is 0.308 e. The zero-order valence-electron chi connectivity index (χ0n) is 9.65. The second-order valence-electron chi connectivity index (χ2n) is 3.49. The SMILES string of the molecule is CNS(=O)(=O)CCNC(C)c1csc(C)n1. The van der Waals surface area contributed by atoms with Gasteiger partial charge in [-0.1, -0.05) is 0 Å². The smallest absolute Gasteiger partial charge is 0.212 e. The van der Waals surface area contributed by atoms with E-state index in [1.165, 1.54) is 7.05 Å². The van der Waals surface area contributed by atoms with Gasteiger partial charge in [0.1, 0.15) is 0 Å². The first kappa shape index (κ1) is 13.6. The summed E-state index contributed by atoms with van der Waals surface area (Å²) in [5.41, 5.74) is 0.962. The molecule has 1 unspecified atom stereocenters. The lowest BCUT2D eigenvalue weighted by Crippen LogP contribution is -2.31. The van der Waals surface area contributed by atoms with Gasteiger partial charge in [-0.15, -0.1) is 11.3 Å². The van der Waals surface area contributed by atoms with Crippen LogP contribution in [-0.4, -0.2) is 32.7 Å². The lowest BCUT2D eigenvalue weighted by atomic mass is 10.2. The molecular formula is C9H17N3O2S2. The lowest BCUT2D eigenvalue weighted by molar-refractivity contribution is 0.562. The number of hydrogen-bond acceptors (Lipinski definition) is 5. The second-order valence-corrected chi connectivity index (χ2v) is 6.60. The summed E-state index contributed by atoms with van der Waals surface area (Å²) in [6.07, 6.45) is 0. The molecule has 1 atom stereocenters. The van der Waals surface area contributed by atoms with Gasteiger partial charge in [0.25, 0.3) is 0 Å². The highest BCUT2D eigenvalue weighted by Crippen LogP contribution is 2.15. The minimum atomic E-state index is -3.12. The van der Waals surface area contributed by atoms with E-state index in [1.54, 1.807) is 11.3 Å². The van der Waals surface area contributed by atoms with Crippen LogP contribution in [0.15, 0.2) is 5.38 Å². The summed E-state index contributed by atoms with van der Waals surface area (Å²) in [6.45, 7) is 4.34. The van der Waals surface area contributed by atoms with Crippen LogP contribution in [0.3, 0.4) is 0 Å². The van der Waals surface area contributed by atoms with Crippen molar-refractivity contribution in [2.45, 2.75) is 19.9 Å². The molecule has 0 fully saturated rings. The van der Waals surface area contributed by atoms with E-state index < -0.39 is 10.0 Å². The van der Waals surface area contributed by atoms with Gasteiger partial charge in [0.05, 0.1) is 16.5 Å². The highest BCUT2D eigenvalue weighted by Gasteiger charge is 2.10. The van der Waals surface area contributed by atoms with E-state index in [1.807, 2.05) is 19.2 Å². The van der Waals surface area contributed by atoms with Gasteiger partial charge in [0, 0.05) is 18.0 Å². The molecule has 92 valence electrons. The first-order chi connectivity index (χ1) is 7.44. The molecule has 5 nitrogen and oxygen atoms in total. The van der Waals surface area contributed by atoms with Crippen molar-refractivity contribution in [1.82, 2.24) is 15.0 Å². The van der Waals surface area contributed by atoms with Crippen LogP contribution in [0.25, 0.3) is 0 Å². The quantitative estimate of drug-likeness (QED) is 0.790. The summed E-state index contributed by atoms with van der Waals surface area (Å²) in [4.78, 5) is 4.34. The van der Waals surface area contributed by atoms with Crippen molar-refractivity contribution in [2.75, 3.05) is 19.3 Å². The Labute approximate surface area is 100 Å². The number of thiazole rings is 1. The molecule has 0 saturated heterocycles. The van der Waals surface area contributed by atoms with Gasteiger partial charge in [-0.25, -0.2) is 18.1 Å². The van der Waals surface area contributed by atoms with Crippen molar-refractivity contribution in [3.05, 3.63) is 16.1 Å². The van der Waals surface area contributed by atoms with E-state index in [-0.39, 0.29) is 11.8 Å². The zero-order chi connectivity index (χ0) is 12.2. The van der Waals surface area contributed by atoms with E-state index in [4.69, 9.17) is 0 Å². The van der Waals surface area contributed by atoms with Crippen molar-refractivity contribution in [1.29, 1.82) is 0 Å². The van der Waals surface area contributed by atoms with Crippen LogP contribution in [0.1, 0.15) is 23.7 Å². The molecule has 0 aliphatic rings. The Hall–Kier alpha value is -0.500. The minimum Gasteiger partial charge on any atom is -0.308 e. The topological polar surface area (TPSA) is 71.1 Å². The average Bonchev–Trinajstić information content (AvgIpc) is 2.64. The van der Waals surface area contributed by atoms with E-state index in [0.29, 0.717) is 6.54 Å². The van der Waals surface area contributed by atoms with Crippen LogP contribution < -0.4 is 10.0 Å². The molecule has 0 bridgehead atoms. The summed E-state index contributed by atoms with van der Waals surface area (Å²) in [5, 5.41) is 6.13. The van der Waals surface area contributed by atoms with Gasteiger partial charge in [-0.05, 0) is 20.9 Å². The Balaban J connectivity index is 2.39. The molecule has 0 saturated carbocycles. The maximum Gasteiger partial charge on any atom is 0.212 e. The summed E-state index contributed by atoms with van der Waals surface area (Å²) >= 11 is 1.59. The molecule has 16 heavy (non-hydrogen) atoms. The monoisotopic (exact) mass is 263 g/mol. The van der Waals surface area contributed by atoms with Crippen LogP contribution in [0.4, 0.5) is 0 Å². The lowest BCUT2D eigenvalue weighted by Gasteiger charge is -2.11. The molecule has 0 aliphatic carbocycles. The van der Waals surface area contributed by atoms with Crippen molar-refractivity contribution in [3.63, 3.8) is 0 Å². The Bertz CT molecular complexity index is 428. The number of rotatable bonds is 6. The molecular weight excluding hydrogens is 246 g/mol. The fraction of sp³-hybridized carbons (Fsp3) is 0.667.